The van der Waals surface area contributed by atoms with Crippen molar-refractivity contribution < 1.29 is 9.18 Å². The summed E-state index contributed by atoms with van der Waals surface area (Å²) in [5.74, 6) is 1.14. The summed E-state index contributed by atoms with van der Waals surface area (Å²) in [6, 6.07) is 0. The molecule has 4 heteroatoms. The molecular weight excluding hydrogens is 447 g/mol. The van der Waals surface area contributed by atoms with E-state index in [0.29, 0.717) is 18.3 Å². The number of carbonyl (C=O) groups excluding carboxylic acids is 1. The Morgan fingerprint density at radius 3 is 1.58 bits per heavy atom. The Labute approximate surface area is 227 Å². The first kappa shape index (κ1) is 44.5. The van der Waals surface area contributed by atoms with Gasteiger partial charge in [-0.1, -0.05) is 133 Å². The van der Waals surface area contributed by atoms with E-state index in [9.17, 15) is 9.18 Å². The van der Waals surface area contributed by atoms with Gasteiger partial charge in [-0.3, -0.25) is 4.99 Å². The summed E-state index contributed by atoms with van der Waals surface area (Å²) in [5, 5.41) is 3.30. The summed E-state index contributed by atoms with van der Waals surface area (Å²) < 4.78 is 12.4. The summed E-state index contributed by atoms with van der Waals surface area (Å²) in [5.41, 5.74) is 2.12. The number of hydrogen-bond acceptors (Lipinski definition) is 3. The Hall–Kier alpha value is -1.45. The van der Waals surface area contributed by atoms with Crippen LogP contribution >= 0.6 is 0 Å². The minimum absolute atomic E-state index is 0.537. The molecule has 0 fully saturated rings. The molecule has 2 atom stereocenters. The molecule has 0 radical (unpaired) electrons. The monoisotopic (exact) mass is 515 g/mol. The van der Waals surface area contributed by atoms with E-state index in [0.717, 1.165) is 49.9 Å². The molecule has 0 aromatic rings. The van der Waals surface area contributed by atoms with Crippen molar-refractivity contribution in [2.75, 3.05) is 6.54 Å². The number of halogens is 1. The van der Waals surface area contributed by atoms with Gasteiger partial charge in [0.25, 0.3) is 0 Å². The number of aldehydes is 1. The highest BCUT2D eigenvalue weighted by molar-refractivity contribution is 5.48. The predicted molar refractivity (Wildman–Crippen MR) is 166 cm³/mol. The molecule has 3 nitrogen and oxygen atoms in total. The number of hydrogen-bond donors (Lipinski definition) is 1. The van der Waals surface area contributed by atoms with Crippen LogP contribution in [-0.2, 0) is 4.79 Å². The van der Waals surface area contributed by atoms with Crippen LogP contribution in [0.15, 0.2) is 28.5 Å². The first-order chi connectivity index (χ1) is 17.3. The third kappa shape index (κ3) is 34.7. The van der Waals surface area contributed by atoms with Crippen molar-refractivity contribution >= 4 is 13.0 Å². The Bertz CT molecular complexity index is 465. The van der Waals surface area contributed by atoms with Crippen LogP contribution in [0.1, 0.15) is 147 Å². The maximum atomic E-state index is 12.4. The number of nitrogens with one attached hydrogen (secondary N) is 1. The molecule has 0 amide bonds. The molecule has 1 aliphatic rings. The highest BCUT2D eigenvalue weighted by atomic mass is 19.1. The van der Waals surface area contributed by atoms with Crippen LogP contribution in [0.4, 0.5) is 4.39 Å². The fourth-order valence-corrected chi connectivity index (χ4v) is 2.92. The van der Waals surface area contributed by atoms with Gasteiger partial charge in [0.1, 0.15) is 12.5 Å². The molecule has 0 aliphatic heterocycles. The highest BCUT2D eigenvalue weighted by Gasteiger charge is 2.16. The lowest BCUT2D eigenvalue weighted by molar-refractivity contribution is -0.107. The number of nitrogens with zero attached hydrogens (tertiary/aromatic N) is 1. The normalized spacial score (nSPS) is 15.2. The van der Waals surface area contributed by atoms with Crippen LogP contribution in [-0.4, -0.2) is 25.7 Å². The van der Waals surface area contributed by atoms with E-state index in [1.54, 1.807) is 0 Å². The van der Waals surface area contributed by atoms with Gasteiger partial charge in [0.15, 0.2) is 0 Å². The van der Waals surface area contributed by atoms with Gasteiger partial charge in [0, 0.05) is 13.0 Å². The minimum atomic E-state index is -0.537. The summed E-state index contributed by atoms with van der Waals surface area (Å²) in [4.78, 5) is 13.2. The summed E-state index contributed by atoms with van der Waals surface area (Å²) >= 11 is 0. The predicted octanol–water partition coefficient (Wildman–Crippen LogP) is 10.9. The number of aliphatic imine (C=N–C) groups is 1. The smallest absolute Gasteiger partial charge is 0.119 e. The van der Waals surface area contributed by atoms with Gasteiger partial charge in [-0.2, -0.15) is 0 Å². The lowest BCUT2D eigenvalue weighted by atomic mass is 9.89. The van der Waals surface area contributed by atoms with Crippen LogP contribution in [0, 0.1) is 11.8 Å². The largest absolute Gasteiger partial charge is 0.384 e. The third-order valence-electron chi connectivity index (χ3n) is 5.07. The Kier molecular flexibility index (Phi) is 50.4. The van der Waals surface area contributed by atoms with Crippen LogP contribution in [0.2, 0.25) is 0 Å². The standard InChI is InChI=1S/C11H18N2.C7H15F.C7H16.C3H6O.2C2H6/c1-5-13-11-7-9(3)8(2)6-10(11)12-4;1-3-5-7(8)6-4-2;1-3-5-7-6-4-2;1-2-3-4;2*1-2/h6-9,13H,4-5H2,1-3H3;7H,3-6H2,1-2H3;3-7H2,1-2H3;3H,2H2,1H3;2*1-2H3. The van der Waals surface area contributed by atoms with Gasteiger partial charge < -0.3 is 10.1 Å². The van der Waals surface area contributed by atoms with Crippen molar-refractivity contribution in [3.63, 3.8) is 0 Å². The zero-order chi connectivity index (χ0) is 29.2. The summed E-state index contributed by atoms with van der Waals surface area (Å²) in [7, 11) is 0. The Balaban J connectivity index is -0.000000121. The van der Waals surface area contributed by atoms with Gasteiger partial charge in [-0.15, -0.1) is 0 Å². The fraction of sp³-hybridized carbons (Fsp3) is 0.812. The number of unbranched alkanes of at least 4 members (excludes halogenated alkanes) is 4. The van der Waals surface area contributed by atoms with Crippen molar-refractivity contribution in [1.29, 1.82) is 0 Å². The van der Waals surface area contributed by atoms with Gasteiger partial charge in [0.05, 0.1) is 11.4 Å². The first-order valence-corrected chi connectivity index (χ1v) is 15.0. The molecule has 1 rings (SSSR count). The number of likely N-dealkylation sites (N-methyl/N-ethyl adjacent to an activating group) is 1. The second kappa shape index (κ2) is 40.7. The molecule has 0 aromatic heterocycles. The van der Waals surface area contributed by atoms with Gasteiger partial charge in [0.2, 0.25) is 0 Å². The van der Waals surface area contributed by atoms with Crippen molar-refractivity contribution in [3.05, 3.63) is 23.5 Å². The minimum Gasteiger partial charge on any atom is -0.384 e. The van der Waals surface area contributed by atoms with E-state index in [4.69, 9.17) is 0 Å². The summed E-state index contributed by atoms with van der Waals surface area (Å²) in [6.07, 6.45) is 15.8. The van der Waals surface area contributed by atoms with Gasteiger partial charge in [-0.05, 0) is 38.3 Å². The third-order valence-corrected chi connectivity index (χ3v) is 5.07. The molecular formula is C32H67FN2O. The molecule has 0 saturated carbocycles. The highest BCUT2D eigenvalue weighted by Crippen LogP contribution is 2.26. The number of rotatable bonds is 12. The molecule has 0 heterocycles. The average molecular weight is 515 g/mol. The molecule has 1 N–H and O–H groups in total. The van der Waals surface area contributed by atoms with Crippen LogP contribution in [0.3, 0.4) is 0 Å². The Morgan fingerprint density at radius 1 is 0.861 bits per heavy atom. The number of carbonyl (C=O) groups is 1. The number of alkyl halides is 1. The molecule has 36 heavy (non-hydrogen) atoms. The zero-order valence-electron chi connectivity index (χ0n) is 26.7. The van der Waals surface area contributed by atoms with Crippen molar-refractivity contribution in [2.24, 2.45) is 16.8 Å². The van der Waals surface area contributed by atoms with Crippen molar-refractivity contribution in [3.8, 4) is 0 Å². The van der Waals surface area contributed by atoms with Crippen LogP contribution in [0.5, 0.6) is 0 Å². The molecule has 0 spiro atoms. The van der Waals surface area contributed by atoms with E-state index < -0.39 is 6.17 Å². The van der Waals surface area contributed by atoms with Crippen molar-refractivity contribution in [2.45, 2.75) is 153 Å². The van der Waals surface area contributed by atoms with Gasteiger partial charge >= 0.3 is 0 Å². The second-order valence-corrected chi connectivity index (χ2v) is 8.35. The van der Waals surface area contributed by atoms with Crippen LogP contribution in [0.25, 0.3) is 0 Å². The lowest BCUT2D eigenvalue weighted by Gasteiger charge is -2.22. The maximum absolute atomic E-state index is 12.4. The SMILES string of the molecule is C=NC1=CC(C)C(C)C=C1NCC.CC.CC.CCC=O.CCCC(F)CCC.CCCCCCC. The molecule has 1 aliphatic carbocycles. The molecule has 0 aromatic carbocycles. The second-order valence-electron chi connectivity index (χ2n) is 8.35. The average Bonchev–Trinajstić information content (AvgIpc) is 2.90. The topological polar surface area (TPSA) is 41.5 Å². The maximum Gasteiger partial charge on any atom is 0.119 e. The number of allylic oxidation sites excluding steroid dienone is 2. The van der Waals surface area contributed by atoms with Gasteiger partial charge in [-0.25, -0.2) is 4.39 Å². The Morgan fingerprint density at radius 2 is 1.28 bits per heavy atom. The summed E-state index contributed by atoms with van der Waals surface area (Å²) in [6.45, 7) is 29.4. The lowest BCUT2D eigenvalue weighted by Crippen LogP contribution is -2.20. The zero-order valence-corrected chi connectivity index (χ0v) is 26.7. The van der Waals surface area contributed by atoms with E-state index in [1.165, 1.54) is 32.1 Å². The quantitative estimate of drug-likeness (QED) is 0.160. The molecule has 0 bridgehead atoms. The molecule has 0 saturated heterocycles. The van der Waals surface area contributed by atoms with E-state index in [-0.39, 0.29) is 0 Å². The van der Waals surface area contributed by atoms with Crippen molar-refractivity contribution in [1.82, 2.24) is 5.32 Å². The van der Waals surface area contributed by atoms with E-state index in [1.807, 2.05) is 48.5 Å². The fourth-order valence-electron chi connectivity index (χ4n) is 2.92. The van der Waals surface area contributed by atoms with E-state index >= 15 is 0 Å². The first-order valence-electron chi connectivity index (χ1n) is 15.0. The molecule has 218 valence electrons. The molecule has 2 unspecified atom stereocenters. The van der Waals surface area contributed by atoms with Crippen LogP contribution < -0.4 is 5.32 Å². The van der Waals surface area contributed by atoms with E-state index in [2.05, 4.69) is 63.8 Å².